The lowest BCUT2D eigenvalue weighted by molar-refractivity contribution is 0.373. The van der Waals surface area contributed by atoms with Crippen LogP contribution in [0.2, 0.25) is 0 Å². The summed E-state index contributed by atoms with van der Waals surface area (Å²) >= 11 is 1.58. The number of methoxy groups -OCH3 is 1. The molecular formula is C14H19N3O2S. The van der Waals surface area contributed by atoms with Crippen LogP contribution in [-0.4, -0.2) is 22.4 Å². The molecule has 0 amide bonds. The third kappa shape index (κ3) is 3.84. The second-order valence-corrected chi connectivity index (χ2v) is 6.02. The maximum absolute atomic E-state index is 9.54. The monoisotopic (exact) mass is 293 g/mol. The summed E-state index contributed by atoms with van der Waals surface area (Å²) in [6.07, 6.45) is 0.951. The van der Waals surface area contributed by atoms with Gasteiger partial charge in [-0.2, -0.15) is 0 Å². The van der Waals surface area contributed by atoms with E-state index < -0.39 is 0 Å². The lowest BCUT2D eigenvalue weighted by Crippen LogP contribution is -1.99. The fraction of sp³-hybridized carbons (Fsp3) is 0.429. The molecule has 1 heterocycles. The first-order valence-electron chi connectivity index (χ1n) is 6.50. The fourth-order valence-corrected chi connectivity index (χ4v) is 2.71. The summed E-state index contributed by atoms with van der Waals surface area (Å²) < 4.78 is 5.08. The molecule has 108 valence electrons. The van der Waals surface area contributed by atoms with Crippen LogP contribution in [0.25, 0.3) is 0 Å². The lowest BCUT2D eigenvalue weighted by atomic mass is 10.1. The number of aromatic hydroxyl groups is 1. The van der Waals surface area contributed by atoms with Gasteiger partial charge in [-0.05, 0) is 23.6 Å². The van der Waals surface area contributed by atoms with Crippen molar-refractivity contribution in [2.75, 3.05) is 12.4 Å². The van der Waals surface area contributed by atoms with E-state index in [0.717, 1.165) is 22.1 Å². The maximum Gasteiger partial charge on any atom is 0.205 e. The SMILES string of the molecule is COc1cc(CNc2nnc(CC(C)C)s2)ccc1O. The zero-order chi connectivity index (χ0) is 14.5. The van der Waals surface area contributed by atoms with Crippen molar-refractivity contribution in [2.24, 2.45) is 5.92 Å². The Labute approximate surface area is 122 Å². The van der Waals surface area contributed by atoms with Gasteiger partial charge in [0.05, 0.1) is 7.11 Å². The Morgan fingerprint density at radius 2 is 2.15 bits per heavy atom. The summed E-state index contributed by atoms with van der Waals surface area (Å²) in [6.45, 7) is 4.95. The van der Waals surface area contributed by atoms with E-state index in [1.54, 1.807) is 23.5 Å². The number of nitrogens with one attached hydrogen (secondary N) is 1. The highest BCUT2D eigenvalue weighted by atomic mass is 32.1. The molecule has 0 unspecified atom stereocenters. The van der Waals surface area contributed by atoms with E-state index in [1.807, 2.05) is 6.07 Å². The molecule has 1 aromatic carbocycles. The van der Waals surface area contributed by atoms with Crippen LogP contribution < -0.4 is 10.1 Å². The highest BCUT2D eigenvalue weighted by molar-refractivity contribution is 7.15. The predicted octanol–water partition coefficient (Wildman–Crippen LogP) is 3.06. The molecule has 0 aliphatic rings. The molecule has 0 aliphatic carbocycles. The van der Waals surface area contributed by atoms with Gasteiger partial charge < -0.3 is 15.2 Å². The molecule has 0 spiro atoms. The van der Waals surface area contributed by atoms with Crippen molar-refractivity contribution < 1.29 is 9.84 Å². The first-order valence-corrected chi connectivity index (χ1v) is 7.32. The third-order valence-electron chi connectivity index (χ3n) is 2.74. The van der Waals surface area contributed by atoms with Gasteiger partial charge in [0.15, 0.2) is 11.5 Å². The number of aromatic nitrogens is 2. The first-order chi connectivity index (χ1) is 9.58. The quantitative estimate of drug-likeness (QED) is 0.856. The Hall–Kier alpha value is -1.82. The molecule has 0 bridgehead atoms. The molecule has 5 nitrogen and oxygen atoms in total. The summed E-state index contributed by atoms with van der Waals surface area (Å²) in [5, 5.41) is 22.9. The number of benzene rings is 1. The van der Waals surface area contributed by atoms with Gasteiger partial charge in [-0.25, -0.2) is 0 Å². The molecule has 0 fully saturated rings. The zero-order valence-electron chi connectivity index (χ0n) is 11.9. The van der Waals surface area contributed by atoms with Gasteiger partial charge in [0.25, 0.3) is 0 Å². The number of anilines is 1. The van der Waals surface area contributed by atoms with E-state index in [-0.39, 0.29) is 5.75 Å². The number of ether oxygens (including phenoxy) is 1. The number of rotatable bonds is 6. The largest absolute Gasteiger partial charge is 0.504 e. The van der Waals surface area contributed by atoms with Crippen LogP contribution in [0.4, 0.5) is 5.13 Å². The molecular weight excluding hydrogens is 274 g/mol. The minimum absolute atomic E-state index is 0.145. The fourth-order valence-electron chi connectivity index (χ4n) is 1.77. The van der Waals surface area contributed by atoms with Crippen molar-refractivity contribution in [3.05, 3.63) is 28.8 Å². The van der Waals surface area contributed by atoms with Gasteiger partial charge in [-0.1, -0.05) is 31.3 Å². The van der Waals surface area contributed by atoms with E-state index in [9.17, 15) is 5.11 Å². The number of nitrogens with zero attached hydrogens (tertiary/aromatic N) is 2. The second kappa shape index (κ2) is 6.56. The summed E-state index contributed by atoms with van der Waals surface area (Å²) in [5.41, 5.74) is 1.01. The number of phenolic OH excluding ortho intramolecular Hbond substituents is 1. The Kier molecular flexibility index (Phi) is 4.79. The van der Waals surface area contributed by atoms with E-state index in [1.165, 1.54) is 7.11 Å². The minimum Gasteiger partial charge on any atom is -0.504 e. The summed E-state index contributed by atoms with van der Waals surface area (Å²) in [5.74, 6) is 1.20. The van der Waals surface area contributed by atoms with Crippen LogP contribution in [0.3, 0.4) is 0 Å². The van der Waals surface area contributed by atoms with Gasteiger partial charge in [0.1, 0.15) is 5.01 Å². The van der Waals surface area contributed by atoms with Gasteiger partial charge in [-0.15, -0.1) is 10.2 Å². The average molecular weight is 293 g/mol. The molecule has 0 aliphatic heterocycles. The summed E-state index contributed by atoms with van der Waals surface area (Å²) in [6, 6.07) is 5.28. The minimum atomic E-state index is 0.145. The van der Waals surface area contributed by atoms with Crippen molar-refractivity contribution in [1.29, 1.82) is 0 Å². The van der Waals surface area contributed by atoms with E-state index in [2.05, 4.69) is 29.4 Å². The topological polar surface area (TPSA) is 67.3 Å². The van der Waals surface area contributed by atoms with Crippen LogP contribution in [0.5, 0.6) is 11.5 Å². The predicted molar refractivity (Wildman–Crippen MR) is 80.4 cm³/mol. The van der Waals surface area contributed by atoms with Crippen LogP contribution in [0.1, 0.15) is 24.4 Å². The first kappa shape index (κ1) is 14.6. The second-order valence-electron chi connectivity index (χ2n) is 4.96. The van der Waals surface area contributed by atoms with Crippen LogP contribution in [0, 0.1) is 5.92 Å². The maximum atomic E-state index is 9.54. The molecule has 0 saturated carbocycles. The molecule has 1 aromatic heterocycles. The van der Waals surface area contributed by atoms with Crippen molar-refractivity contribution in [3.63, 3.8) is 0 Å². The van der Waals surface area contributed by atoms with Crippen LogP contribution in [0.15, 0.2) is 18.2 Å². The third-order valence-corrected chi connectivity index (χ3v) is 3.64. The van der Waals surface area contributed by atoms with Crippen molar-refractivity contribution in [2.45, 2.75) is 26.8 Å². The van der Waals surface area contributed by atoms with Crippen molar-refractivity contribution in [1.82, 2.24) is 10.2 Å². The van der Waals surface area contributed by atoms with Crippen molar-refractivity contribution >= 4 is 16.5 Å². The van der Waals surface area contributed by atoms with E-state index >= 15 is 0 Å². The summed E-state index contributed by atoms with van der Waals surface area (Å²) in [4.78, 5) is 0. The van der Waals surface area contributed by atoms with Gasteiger partial charge >= 0.3 is 0 Å². The number of phenols is 1. The Balaban J connectivity index is 1.96. The van der Waals surface area contributed by atoms with Gasteiger partial charge in [0.2, 0.25) is 5.13 Å². The molecule has 6 heteroatoms. The molecule has 0 saturated heterocycles. The molecule has 2 aromatic rings. The van der Waals surface area contributed by atoms with Gasteiger partial charge in [-0.3, -0.25) is 0 Å². The van der Waals surface area contributed by atoms with Gasteiger partial charge in [0, 0.05) is 13.0 Å². The Morgan fingerprint density at radius 1 is 1.35 bits per heavy atom. The summed E-state index contributed by atoms with van der Waals surface area (Å²) in [7, 11) is 1.54. The highest BCUT2D eigenvalue weighted by Crippen LogP contribution is 2.27. The van der Waals surface area contributed by atoms with Crippen LogP contribution in [-0.2, 0) is 13.0 Å². The smallest absolute Gasteiger partial charge is 0.205 e. The number of hydrogen-bond acceptors (Lipinski definition) is 6. The molecule has 0 radical (unpaired) electrons. The van der Waals surface area contributed by atoms with Crippen molar-refractivity contribution in [3.8, 4) is 11.5 Å². The highest BCUT2D eigenvalue weighted by Gasteiger charge is 2.07. The molecule has 2 N–H and O–H groups in total. The zero-order valence-corrected chi connectivity index (χ0v) is 12.7. The van der Waals surface area contributed by atoms with E-state index in [0.29, 0.717) is 18.2 Å². The number of hydrogen-bond donors (Lipinski definition) is 2. The van der Waals surface area contributed by atoms with E-state index in [4.69, 9.17) is 4.74 Å². The average Bonchev–Trinajstić information content (AvgIpc) is 2.84. The molecule has 0 atom stereocenters. The normalized spacial score (nSPS) is 10.8. The standard InChI is InChI=1S/C14H19N3O2S/c1-9(2)6-13-16-17-14(20-13)15-8-10-4-5-11(18)12(7-10)19-3/h4-5,7,9,18H,6,8H2,1-3H3,(H,15,17). The van der Waals surface area contributed by atoms with Crippen LogP contribution >= 0.6 is 11.3 Å². The molecule has 2 rings (SSSR count). The molecule has 20 heavy (non-hydrogen) atoms. The lowest BCUT2D eigenvalue weighted by Gasteiger charge is -2.07. The Bertz CT molecular complexity index is 569. The Morgan fingerprint density at radius 3 is 2.85 bits per heavy atom.